The fraction of sp³-hybridized carbons (Fsp3) is 0.417. The van der Waals surface area contributed by atoms with Crippen LogP contribution in [0.5, 0.6) is 5.75 Å². The first kappa shape index (κ1) is 14.9. The van der Waals surface area contributed by atoms with Gasteiger partial charge in [0.1, 0.15) is 15.6 Å². The summed E-state index contributed by atoms with van der Waals surface area (Å²) in [6.45, 7) is 0.528. The van der Waals surface area contributed by atoms with Gasteiger partial charge in [0.2, 0.25) is 0 Å². The van der Waals surface area contributed by atoms with Crippen molar-refractivity contribution in [1.29, 1.82) is 5.26 Å². The lowest BCUT2D eigenvalue weighted by atomic mass is 10.2. The van der Waals surface area contributed by atoms with Crippen molar-refractivity contribution in [3.05, 3.63) is 29.8 Å². The van der Waals surface area contributed by atoms with Gasteiger partial charge in [0.25, 0.3) is 0 Å². The van der Waals surface area contributed by atoms with E-state index in [2.05, 4.69) is 0 Å². The van der Waals surface area contributed by atoms with E-state index < -0.39 is 9.84 Å². The van der Waals surface area contributed by atoms with Crippen LogP contribution in [0.15, 0.2) is 24.3 Å². The molecular formula is C12H15NO3S2. The van der Waals surface area contributed by atoms with E-state index in [4.69, 9.17) is 10.00 Å². The average molecular weight is 285 g/mol. The molecule has 0 saturated carbocycles. The van der Waals surface area contributed by atoms with E-state index in [1.165, 1.54) is 6.26 Å². The average Bonchev–Trinajstić information content (AvgIpc) is 2.33. The highest BCUT2D eigenvalue weighted by Gasteiger charge is 2.01. The summed E-state index contributed by atoms with van der Waals surface area (Å²) in [6, 6.07) is 8.94. The molecule has 0 unspecified atom stereocenters. The molecule has 0 spiro atoms. The number of hydrogen-bond acceptors (Lipinski definition) is 5. The van der Waals surface area contributed by atoms with Gasteiger partial charge in [0.05, 0.1) is 24.0 Å². The second-order valence-corrected chi connectivity index (χ2v) is 7.21. The maximum Gasteiger partial charge on any atom is 0.148 e. The lowest BCUT2D eigenvalue weighted by Crippen LogP contribution is -2.07. The van der Waals surface area contributed by atoms with Gasteiger partial charge >= 0.3 is 0 Å². The van der Waals surface area contributed by atoms with E-state index in [-0.39, 0.29) is 5.75 Å². The summed E-state index contributed by atoms with van der Waals surface area (Å²) in [5.41, 5.74) is 0.602. The Morgan fingerprint density at radius 1 is 1.28 bits per heavy atom. The summed E-state index contributed by atoms with van der Waals surface area (Å²) in [5.74, 6) is 2.26. The predicted octanol–water partition coefficient (Wildman–Crippen LogP) is 1.71. The molecule has 0 aliphatic carbocycles. The summed E-state index contributed by atoms with van der Waals surface area (Å²) in [4.78, 5) is 0. The number of sulfone groups is 1. The minimum absolute atomic E-state index is 0.203. The molecule has 0 atom stereocenters. The van der Waals surface area contributed by atoms with Crippen LogP contribution in [0.25, 0.3) is 0 Å². The number of hydrogen-bond donors (Lipinski definition) is 0. The zero-order valence-corrected chi connectivity index (χ0v) is 11.8. The van der Waals surface area contributed by atoms with Crippen LogP contribution in [0.3, 0.4) is 0 Å². The van der Waals surface area contributed by atoms with E-state index in [0.717, 1.165) is 11.5 Å². The van der Waals surface area contributed by atoms with Crippen molar-refractivity contribution >= 4 is 21.6 Å². The zero-order chi connectivity index (χ0) is 13.4. The highest BCUT2D eigenvalue weighted by atomic mass is 32.2. The molecular weight excluding hydrogens is 270 g/mol. The summed E-state index contributed by atoms with van der Waals surface area (Å²) < 4.78 is 27.2. The Morgan fingerprint density at radius 3 is 2.50 bits per heavy atom. The van der Waals surface area contributed by atoms with Gasteiger partial charge in [-0.25, -0.2) is 8.42 Å². The van der Waals surface area contributed by atoms with Gasteiger partial charge in [-0.1, -0.05) is 0 Å². The second-order valence-electron chi connectivity index (χ2n) is 3.73. The van der Waals surface area contributed by atoms with E-state index in [0.29, 0.717) is 17.9 Å². The molecule has 0 radical (unpaired) electrons. The van der Waals surface area contributed by atoms with Crippen molar-refractivity contribution in [1.82, 2.24) is 0 Å². The van der Waals surface area contributed by atoms with Gasteiger partial charge < -0.3 is 4.74 Å². The minimum atomic E-state index is -2.86. The van der Waals surface area contributed by atoms with Crippen LogP contribution in [0.1, 0.15) is 5.56 Å². The highest BCUT2D eigenvalue weighted by molar-refractivity contribution is 8.00. The number of nitrogens with zero attached hydrogens (tertiary/aromatic N) is 1. The van der Waals surface area contributed by atoms with Crippen molar-refractivity contribution in [2.24, 2.45) is 0 Å². The SMILES string of the molecule is CS(=O)(=O)CCSCCOc1ccc(C#N)cc1. The summed E-state index contributed by atoms with van der Waals surface area (Å²) in [6.07, 6.45) is 1.24. The standard InChI is InChI=1S/C12H15NO3S2/c1-18(14,15)9-8-17-7-6-16-12-4-2-11(10-13)3-5-12/h2-5H,6-9H2,1H3. The number of benzene rings is 1. The maximum absolute atomic E-state index is 10.9. The highest BCUT2D eigenvalue weighted by Crippen LogP contribution is 2.12. The first-order valence-electron chi connectivity index (χ1n) is 5.40. The second kappa shape index (κ2) is 7.29. The molecule has 0 N–H and O–H groups in total. The van der Waals surface area contributed by atoms with Gasteiger partial charge in [-0.3, -0.25) is 0 Å². The molecule has 0 amide bonds. The smallest absolute Gasteiger partial charge is 0.148 e. The Balaban J connectivity index is 2.16. The Bertz CT molecular complexity index is 503. The van der Waals surface area contributed by atoms with Crippen LogP contribution in [0, 0.1) is 11.3 Å². The number of thioether (sulfide) groups is 1. The van der Waals surface area contributed by atoms with Crippen LogP contribution in [0.4, 0.5) is 0 Å². The molecule has 0 bridgehead atoms. The van der Waals surface area contributed by atoms with E-state index in [9.17, 15) is 8.42 Å². The van der Waals surface area contributed by atoms with E-state index >= 15 is 0 Å². The summed E-state index contributed by atoms with van der Waals surface area (Å²) >= 11 is 1.55. The van der Waals surface area contributed by atoms with Crippen LogP contribution in [-0.4, -0.2) is 38.5 Å². The lowest BCUT2D eigenvalue weighted by molar-refractivity contribution is 0.344. The van der Waals surface area contributed by atoms with Gasteiger partial charge in [-0.05, 0) is 24.3 Å². The van der Waals surface area contributed by atoms with Crippen molar-refractivity contribution in [2.45, 2.75) is 0 Å². The fourth-order valence-electron chi connectivity index (χ4n) is 1.16. The van der Waals surface area contributed by atoms with E-state index in [1.54, 1.807) is 36.0 Å². The molecule has 0 aromatic heterocycles. The largest absolute Gasteiger partial charge is 0.493 e. The Morgan fingerprint density at radius 2 is 1.94 bits per heavy atom. The van der Waals surface area contributed by atoms with Gasteiger partial charge in [-0.15, -0.1) is 0 Å². The molecule has 0 heterocycles. The van der Waals surface area contributed by atoms with Crippen molar-refractivity contribution in [3.63, 3.8) is 0 Å². The third-order valence-corrected chi connectivity index (χ3v) is 4.23. The zero-order valence-electron chi connectivity index (χ0n) is 10.1. The molecule has 0 saturated heterocycles. The third kappa shape index (κ3) is 6.52. The first-order chi connectivity index (χ1) is 8.51. The number of rotatable bonds is 7. The van der Waals surface area contributed by atoms with Crippen molar-refractivity contribution < 1.29 is 13.2 Å². The minimum Gasteiger partial charge on any atom is -0.493 e. The normalized spacial score (nSPS) is 10.9. The molecule has 1 aromatic rings. The van der Waals surface area contributed by atoms with Gasteiger partial charge in [-0.2, -0.15) is 17.0 Å². The first-order valence-corrected chi connectivity index (χ1v) is 8.61. The Kier molecular flexibility index (Phi) is 6.02. The number of ether oxygens (including phenoxy) is 1. The Labute approximate surface area is 112 Å². The van der Waals surface area contributed by atoms with E-state index in [1.807, 2.05) is 6.07 Å². The Hall–Kier alpha value is -1.19. The monoisotopic (exact) mass is 285 g/mol. The molecule has 0 aliphatic rings. The molecule has 4 nitrogen and oxygen atoms in total. The molecule has 98 valence electrons. The summed E-state index contributed by atoms with van der Waals surface area (Å²) in [7, 11) is -2.86. The molecule has 0 fully saturated rings. The number of nitriles is 1. The lowest BCUT2D eigenvalue weighted by Gasteiger charge is -2.05. The van der Waals surface area contributed by atoms with Crippen molar-refractivity contribution in [3.8, 4) is 11.8 Å². The van der Waals surface area contributed by atoms with Gasteiger partial charge in [0.15, 0.2) is 0 Å². The topological polar surface area (TPSA) is 67.2 Å². The fourth-order valence-corrected chi connectivity index (χ4v) is 3.24. The third-order valence-electron chi connectivity index (χ3n) is 2.08. The van der Waals surface area contributed by atoms with Crippen molar-refractivity contribution in [2.75, 3.05) is 30.1 Å². The quantitative estimate of drug-likeness (QED) is 0.714. The van der Waals surface area contributed by atoms with Crippen LogP contribution < -0.4 is 4.74 Å². The van der Waals surface area contributed by atoms with Gasteiger partial charge in [0, 0.05) is 17.8 Å². The molecule has 6 heteroatoms. The molecule has 18 heavy (non-hydrogen) atoms. The van der Waals surface area contributed by atoms with Crippen LogP contribution in [-0.2, 0) is 9.84 Å². The summed E-state index contributed by atoms with van der Waals surface area (Å²) in [5, 5.41) is 8.62. The van der Waals surface area contributed by atoms with Crippen LogP contribution in [0.2, 0.25) is 0 Å². The molecule has 1 rings (SSSR count). The predicted molar refractivity (Wildman–Crippen MR) is 73.7 cm³/mol. The van der Waals surface area contributed by atoms with Crippen LogP contribution >= 0.6 is 11.8 Å². The maximum atomic E-state index is 10.9. The molecule has 1 aromatic carbocycles. The molecule has 0 aliphatic heterocycles.